The van der Waals surface area contributed by atoms with Crippen LogP contribution in [0.2, 0.25) is 5.28 Å². The second-order valence-electron chi connectivity index (χ2n) is 4.64. The van der Waals surface area contributed by atoms with Gasteiger partial charge in [-0.3, -0.25) is 4.79 Å². The van der Waals surface area contributed by atoms with Gasteiger partial charge in [0.15, 0.2) is 5.76 Å². The molecule has 0 aliphatic carbocycles. The van der Waals surface area contributed by atoms with Gasteiger partial charge >= 0.3 is 5.91 Å². The maximum absolute atomic E-state index is 13.5. The van der Waals surface area contributed by atoms with Gasteiger partial charge in [-0.05, 0) is 53.6 Å². The summed E-state index contributed by atoms with van der Waals surface area (Å²) in [6, 6.07) is 9.63. The van der Waals surface area contributed by atoms with Gasteiger partial charge in [-0.2, -0.15) is 14.5 Å². The Balaban J connectivity index is 1.61. The van der Waals surface area contributed by atoms with Crippen LogP contribution in [0.25, 0.3) is 0 Å². The highest BCUT2D eigenvalue weighted by molar-refractivity contribution is 6.28. The number of benzene rings is 1. The Kier molecular flexibility index (Phi) is 5.00. The van der Waals surface area contributed by atoms with Crippen LogP contribution < -0.4 is 10.2 Å². The molecule has 3 aromatic rings. The van der Waals surface area contributed by atoms with Crippen molar-refractivity contribution in [2.24, 2.45) is 5.10 Å². The maximum Gasteiger partial charge on any atom is 0.307 e. The molecule has 0 aliphatic heterocycles. The third kappa shape index (κ3) is 4.39. The summed E-state index contributed by atoms with van der Waals surface area (Å²) in [5, 5.41) is 3.70. The summed E-state index contributed by atoms with van der Waals surface area (Å²) in [7, 11) is 0. The number of nitrogens with zero attached hydrogens (tertiary/aromatic N) is 3. The van der Waals surface area contributed by atoms with E-state index in [4.69, 9.17) is 20.8 Å². The number of furan rings is 1. The van der Waals surface area contributed by atoms with E-state index in [1.165, 1.54) is 18.5 Å². The zero-order valence-electron chi connectivity index (χ0n) is 12.5. The van der Waals surface area contributed by atoms with Gasteiger partial charge in [0.25, 0.3) is 5.88 Å². The van der Waals surface area contributed by atoms with Crippen LogP contribution >= 0.6 is 11.6 Å². The first-order valence-corrected chi connectivity index (χ1v) is 7.32. The summed E-state index contributed by atoms with van der Waals surface area (Å²) in [6.45, 7) is 0. The lowest BCUT2D eigenvalue weighted by molar-refractivity contribution is 0.0927. The van der Waals surface area contributed by atoms with Crippen LogP contribution in [0.5, 0.6) is 11.6 Å². The van der Waals surface area contributed by atoms with Crippen molar-refractivity contribution in [3.63, 3.8) is 0 Å². The Bertz CT molecular complexity index is 898. The summed E-state index contributed by atoms with van der Waals surface area (Å²) in [6.07, 6.45) is 3.76. The number of ether oxygens (including phenoxy) is 1. The Labute approximate surface area is 146 Å². The maximum atomic E-state index is 13.5. The van der Waals surface area contributed by atoms with E-state index in [0.29, 0.717) is 11.3 Å². The molecule has 0 saturated heterocycles. The molecular formula is C16H10ClFN4O3. The molecule has 0 fully saturated rings. The fourth-order valence-electron chi connectivity index (χ4n) is 1.76. The molecule has 9 heteroatoms. The van der Waals surface area contributed by atoms with Gasteiger partial charge in [-0.15, -0.1) is 0 Å². The summed E-state index contributed by atoms with van der Waals surface area (Å²) in [5.41, 5.74) is 3.01. The van der Waals surface area contributed by atoms with Gasteiger partial charge in [0.05, 0.1) is 18.7 Å². The number of carbonyl (C=O) groups is 1. The Hall–Kier alpha value is -3.26. The predicted octanol–water partition coefficient (Wildman–Crippen LogP) is 3.42. The molecule has 2 heterocycles. The first-order chi connectivity index (χ1) is 12.1. The molecule has 1 N–H and O–H groups in total. The number of nitrogens with one attached hydrogen (secondary N) is 1. The summed E-state index contributed by atoms with van der Waals surface area (Å²) in [4.78, 5) is 18.8. The summed E-state index contributed by atoms with van der Waals surface area (Å²) in [5.74, 6) is -0.947. The number of carbonyl (C=O) groups excluding carboxylic acids is 1. The van der Waals surface area contributed by atoms with E-state index in [9.17, 15) is 9.18 Å². The van der Waals surface area contributed by atoms with Gasteiger partial charge in [0, 0.05) is 0 Å². The van der Waals surface area contributed by atoms with Crippen molar-refractivity contribution in [3.05, 3.63) is 71.3 Å². The predicted molar refractivity (Wildman–Crippen MR) is 87.3 cm³/mol. The highest BCUT2D eigenvalue weighted by Crippen LogP contribution is 2.22. The second kappa shape index (κ2) is 7.54. The lowest BCUT2D eigenvalue weighted by atomic mass is 10.2. The number of rotatable bonds is 5. The fraction of sp³-hybridized carbons (Fsp3) is 0. The first kappa shape index (κ1) is 16.6. The monoisotopic (exact) mass is 360 g/mol. The van der Waals surface area contributed by atoms with E-state index in [0.717, 1.165) is 6.20 Å². The standard InChI is InChI=1S/C16H10ClFN4O3/c17-16-19-9-12(18)15(21-16)25-11-5-3-10(4-6-11)8-20-22-14(23)13-2-1-7-24-13/h1-9H,(H,22,23)/b20-8-. The molecule has 0 unspecified atom stereocenters. The third-order valence-electron chi connectivity index (χ3n) is 2.90. The average Bonchev–Trinajstić information content (AvgIpc) is 3.14. The number of hydrogen-bond donors (Lipinski definition) is 1. The van der Waals surface area contributed by atoms with Crippen molar-refractivity contribution in [1.29, 1.82) is 0 Å². The SMILES string of the molecule is O=C(N/N=C\c1ccc(Oc2nc(Cl)ncc2F)cc1)c1ccco1. The molecule has 0 bridgehead atoms. The van der Waals surface area contributed by atoms with Gasteiger partial charge in [-0.25, -0.2) is 10.4 Å². The number of amides is 1. The molecule has 0 radical (unpaired) electrons. The van der Waals surface area contributed by atoms with Crippen molar-refractivity contribution in [3.8, 4) is 11.6 Å². The molecule has 0 spiro atoms. The molecule has 0 aliphatic rings. The summed E-state index contributed by atoms with van der Waals surface area (Å²) >= 11 is 5.60. The fourth-order valence-corrected chi connectivity index (χ4v) is 1.89. The topological polar surface area (TPSA) is 89.6 Å². The quantitative estimate of drug-likeness (QED) is 0.428. The molecule has 25 heavy (non-hydrogen) atoms. The van der Waals surface area contributed by atoms with E-state index in [1.54, 1.807) is 30.3 Å². The van der Waals surface area contributed by atoms with E-state index >= 15 is 0 Å². The molecule has 1 amide bonds. The van der Waals surface area contributed by atoms with Crippen LogP contribution in [0.3, 0.4) is 0 Å². The van der Waals surface area contributed by atoms with Crippen LogP contribution in [0.1, 0.15) is 16.1 Å². The van der Waals surface area contributed by atoms with Crippen molar-refractivity contribution in [2.45, 2.75) is 0 Å². The molecule has 7 nitrogen and oxygen atoms in total. The zero-order valence-corrected chi connectivity index (χ0v) is 13.3. The summed E-state index contributed by atoms with van der Waals surface area (Å²) < 4.78 is 23.8. The Morgan fingerprint density at radius 3 is 2.84 bits per heavy atom. The second-order valence-corrected chi connectivity index (χ2v) is 4.98. The average molecular weight is 361 g/mol. The van der Waals surface area contributed by atoms with Gasteiger partial charge < -0.3 is 9.15 Å². The van der Waals surface area contributed by atoms with E-state index < -0.39 is 11.7 Å². The largest absolute Gasteiger partial charge is 0.459 e. The number of hydrogen-bond acceptors (Lipinski definition) is 6. The first-order valence-electron chi connectivity index (χ1n) is 6.95. The Morgan fingerprint density at radius 1 is 1.32 bits per heavy atom. The molecule has 126 valence electrons. The lowest BCUT2D eigenvalue weighted by Gasteiger charge is -2.05. The van der Waals surface area contributed by atoms with E-state index in [-0.39, 0.29) is 16.9 Å². The minimum absolute atomic E-state index is 0.118. The van der Waals surface area contributed by atoms with Crippen molar-refractivity contribution >= 4 is 23.7 Å². The van der Waals surface area contributed by atoms with Gasteiger partial charge in [-0.1, -0.05) is 0 Å². The van der Waals surface area contributed by atoms with Crippen LogP contribution in [0, 0.1) is 5.82 Å². The van der Waals surface area contributed by atoms with E-state index in [2.05, 4.69) is 20.5 Å². The van der Waals surface area contributed by atoms with Crippen LogP contribution in [-0.4, -0.2) is 22.1 Å². The Morgan fingerprint density at radius 2 is 2.12 bits per heavy atom. The van der Waals surface area contributed by atoms with Crippen molar-refractivity contribution < 1.29 is 18.3 Å². The minimum Gasteiger partial charge on any atom is -0.459 e. The van der Waals surface area contributed by atoms with Crippen LogP contribution in [0.15, 0.2) is 58.4 Å². The van der Waals surface area contributed by atoms with Crippen molar-refractivity contribution in [2.75, 3.05) is 0 Å². The van der Waals surface area contributed by atoms with Crippen molar-refractivity contribution in [1.82, 2.24) is 15.4 Å². The highest BCUT2D eigenvalue weighted by Gasteiger charge is 2.08. The number of aromatic nitrogens is 2. The molecule has 1 aromatic carbocycles. The zero-order chi connectivity index (χ0) is 17.6. The van der Waals surface area contributed by atoms with Crippen LogP contribution in [0.4, 0.5) is 4.39 Å². The minimum atomic E-state index is -0.726. The van der Waals surface area contributed by atoms with E-state index in [1.807, 2.05) is 0 Å². The number of hydrazone groups is 1. The molecule has 3 rings (SSSR count). The molecule has 2 aromatic heterocycles. The van der Waals surface area contributed by atoms with Gasteiger partial charge in [0.1, 0.15) is 5.75 Å². The third-order valence-corrected chi connectivity index (χ3v) is 3.08. The lowest BCUT2D eigenvalue weighted by Crippen LogP contribution is -2.16. The van der Waals surface area contributed by atoms with Crippen LogP contribution in [-0.2, 0) is 0 Å². The molecular weight excluding hydrogens is 351 g/mol. The highest BCUT2D eigenvalue weighted by atomic mass is 35.5. The molecule has 0 atom stereocenters. The smallest absolute Gasteiger partial charge is 0.307 e. The normalized spacial score (nSPS) is 10.8. The van der Waals surface area contributed by atoms with Gasteiger partial charge in [0.2, 0.25) is 11.1 Å². The molecule has 0 saturated carbocycles. The number of halogens is 2.